The summed E-state index contributed by atoms with van der Waals surface area (Å²) in [5, 5.41) is 15.0. The van der Waals surface area contributed by atoms with Crippen LogP contribution in [0.15, 0.2) is 60.7 Å². The molecule has 0 radical (unpaired) electrons. The highest BCUT2D eigenvalue weighted by Gasteiger charge is 2.32. The van der Waals surface area contributed by atoms with Gasteiger partial charge in [0.05, 0.1) is 6.10 Å². The van der Waals surface area contributed by atoms with Gasteiger partial charge in [0.1, 0.15) is 24.9 Å². The minimum atomic E-state index is -1.40. The molecular weight excluding hydrogens is 492 g/mol. The lowest BCUT2D eigenvalue weighted by molar-refractivity contribution is -0.152. The van der Waals surface area contributed by atoms with Crippen molar-refractivity contribution in [1.82, 2.24) is 10.6 Å². The molecule has 2 aromatic carbocycles. The van der Waals surface area contributed by atoms with Crippen molar-refractivity contribution in [3.63, 3.8) is 0 Å². The first-order chi connectivity index (χ1) is 17.9. The Kier molecular flexibility index (Phi) is 11.7. The van der Waals surface area contributed by atoms with Crippen LogP contribution < -0.4 is 10.6 Å². The molecule has 0 aliphatic rings. The third-order valence-corrected chi connectivity index (χ3v) is 5.15. The van der Waals surface area contributed by atoms with Crippen LogP contribution in [0.5, 0.6) is 0 Å². The van der Waals surface area contributed by atoms with Gasteiger partial charge in [0.25, 0.3) is 0 Å². The minimum Gasteiger partial charge on any atom is -0.461 e. The number of alkyl carbamates (subject to hydrolysis) is 1. The zero-order valence-corrected chi connectivity index (χ0v) is 22.1. The Morgan fingerprint density at radius 1 is 0.842 bits per heavy atom. The molecule has 1 unspecified atom stereocenters. The van der Waals surface area contributed by atoms with E-state index in [2.05, 4.69) is 10.6 Å². The Bertz CT molecular complexity index is 1050. The maximum atomic E-state index is 13.1. The van der Waals surface area contributed by atoms with Gasteiger partial charge in [0.2, 0.25) is 5.91 Å². The lowest BCUT2D eigenvalue weighted by atomic mass is 10.1. The van der Waals surface area contributed by atoms with E-state index >= 15 is 0 Å². The van der Waals surface area contributed by atoms with Crippen molar-refractivity contribution < 1.29 is 38.5 Å². The lowest BCUT2D eigenvalue weighted by Gasteiger charge is -2.25. The molecule has 0 bridgehead atoms. The van der Waals surface area contributed by atoms with Crippen LogP contribution in [0.1, 0.15) is 51.7 Å². The number of hydrogen-bond acceptors (Lipinski definition) is 8. The Hall–Kier alpha value is -3.92. The average molecular weight is 529 g/mol. The number of amides is 2. The van der Waals surface area contributed by atoms with Crippen molar-refractivity contribution in [2.75, 3.05) is 0 Å². The number of aliphatic hydroxyl groups is 1. The molecule has 3 N–H and O–H groups in total. The molecule has 206 valence electrons. The molecule has 2 rings (SSSR count). The number of benzene rings is 2. The number of ether oxygens (including phenoxy) is 3. The number of rotatable bonds is 12. The third-order valence-electron chi connectivity index (χ3n) is 5.15. The minimum absolute atomic E-state index is 0.0500. The SMILES string of the molecule is CC(O)[C@H](NC(=O)[C@H](CCC(=O)OCc1ccccc1)NC(=O)OC(C)(C)C)C(=O)OCc1ccccc1. The van der Waals surface area contributed by atoms with E-state index in [-0.39, 0.29) is 26.1 Å². The highest BCUT2D eigenvalue weighted by Crippen LogP contribution is 2.10. The van der Waals surface area contributed by atoms with E-state index < -0.39 is 47.7 Å². The van der Waals surface area contributed by atoms with Gasteiger partial charge in [0.15, 0.2) is 6.04 Å². The van der Waals surface area contributed by atoms with Gasteiger partial charge in [-0.2, -0.15) is 0 Å². The van der Waals surface area contributed by atoms with E-state index in [9.17, 15) is 24.3 Å². The number of carbonyl (C=O) groups is 4. The lowest BCUT2D eigenvalue weighted by Crippen LogP contribution is -2.55. The smallest absolute Gasteiger partial charge is 0.408 e. The van der Waals surface area contributed by atoms with Crippen LogP contribution >= 0.6 is 0 Å². The third kappa shape index (κ3) is 11.4. The van der Waals surface area contributed by atoms with Gasteiger partial charge in [-0.3, -0.25) is 9.59 Å². The van der Waals surface area contributed by atoms with Gasteiger partial charge in [-0.05, 0) is 45.2 Å². The predicted octanol–water partition coefficient (Wildman–Crippen LogP) is 3.01. The molecule has 10 heteroatoms. The Balaban J connectivity index is 2.03. The molecule has 2 amide bonds. The summed E-state index contributed by atoms with van der Waals surface area (Å²) in [5.74, 6) is -2.23. The molecule has 0 aliphatic carbocycles. The van der Waals surface area contributed by atoms with E-state index in [1.807, 2.05) is 24.3 Å². The normalized spacial score (nSPS) is 13.4. The molecule has 0 fully saturated rings. The number of esters is 2. The van der Waals surface area contributed by atoms with Gasteiger partial charge in [-0.25, -0.2) is 9.59 Å². The number of aliphatic hydroxyl groups excluding tert-OH is 1. The van der Waals surface area contributed by atoms with E-state index in [0.29, 0.717) is 0 Å². The van der Waals surface area contributed by atoms with Crippen molar-refractivity contribution in [3.8, 4) is 0 Å². The number of nitrogens with one attached hydrogen (secondary N) is 2. The number of carbonyl (C=O) groups excluding carboxylic acids is 4. The van der Waals surface area contributed by atoms with Crippen LogP contribution in [-0.2, 0) is 41.8 Å². The molecule has 2 aromatic rings. The maximum absolute atomic E-state index is 13.1. The zero-order valence-electron chi connectivity index (χ0n) is 22.1. The van der Waals surface area contributed by atoms with Crippen molar-refractivity contribution in [2.24, 2.45) is 0 Å². The van der Waals surface area contributed by atoms with Gasteiger partial charge in [0, 0.05) is 6.42 Å². The highest BCUT2D eigenvalue weighted by molar-refractivity contribution is 5.90. The standard InChI is InChI=1S/C28H36N2O8/c1-19(31)24(26(34)37-18-21-13-9-6-10-14-21)30-25(33)22(29-27(35)38-28(2,3)4)15-16-23(32)36-17-20-11-7-5-8-12-20/h5-14,19,22,24,31H,15-18H2,1-4H3,(H,29,35)(H,30,33)/t19?,22-,24-/m0/s1. The molecular formula is C28H36N2O8. The zero-order chi connectivity index (χ0) is 28.1. The first kappa shape index (κ1) is 30.3. The second-order valence-electron chi connectivity index (χ2n) is 9.70. The van der Waals surface area contributed by atoms with E-state index in [4.69, 9.17) is 14.2 Å². The van der Waals surface area contributed by atoms with Gasteiger partial charge in [-0.15, -0.1) is 0 Å². The molecule has 0 spiro atoms. The van der Waals surface area contributed by atoms with Crippen LogP contribution in [0.3, 0.4) is 0 Å². The second kappa shape index (κ2) is 14.7. The summed E-state index contributed by atoms with van der Waals surface area (Å²) < 4.78 is 15.7. The molecule has 38 heavy (non-hydrogen) atoms. The molecule has 3 atom stereocenters. The summed E-state index contributed by atoms with van der Waals surface area (Å²) in [5.41, 5.74) is 0.703. The van der Waals surface area contributed by atoms with Crippen LogP contribution in [0.25, 0.3) is 0 Å². The van der Waals surface area contributed by atoms with E-state index in [1.54, 1.807) is 57.2 Å². The first-order valence-electron chi connectivity index (χ1n) is 12.3. The highest BCUT2D eigenvalue weighted by atomic mass is 16.6. The topological polar surface area (TPSA) is 140 Å². The maximum Gasteiger partial charge on any atom is 0.408 e. The largest absolute Gasteiger partial charge is 0.461 e. The van der Waals surface area contributed by atoms with E-state index in [1.165, 1.54) is 6.92 Å². The van der Waals surface area contributed by atoms with Gasteiger partial charge < -0.3 is 30.0 Å². The van der Waals surface area contributed by atoms with Gasteiger partial charge in [-0.1, -0.05) is 60.7 Å². The fourth-order valence-electron chi connectivity index (χ4n) is 3.24. The Morgan fingerprint density at radius 3 is 1.87 bits per heavy atom. The van der Waals surface area contributed by atoms with Crippen molar-refractivity contribution in [3.05, 3.63) is 71.8 Å². The van der Waals surface area contributed by atoms with Crippen molar-refractivity contribution in [1.29, 1.82) is 0 Å². The predicted molar refractivity (Wildman–Crippen MR) is 138 cm³/mol. The van der Waals surface area contributed by atoms with Crippen LogP contribution in [0, 0.1) is 0 Å². The molecule has 0 saturated carbocycles. The van der Waals surface area contributed by atoms with Crippen LogP contribution in [0.2, 0.25) is 0 Å². The van der Waals surface area contributed by atoms with E-state index in [0.717, 1.165) is 11.1 Å². The monoisotopic (exact) mass is 528 g/mol. The second-order valence-corrected chi connectivity index (χ2v) is 9.70. The molecule has 0 heterocycles. The Labute approximate surface area is 222 Å². The van der Waals surface area contributed by atoms with Crippen LogP contribution in [-0.4, -0.2) is 52.8 Å². The summed E-state index contributed by atoms with van der Waals surface area (Å²) in [6.45, 7) is 6.32. The van der Waals surface area contributed by atoms with Crippen LogP contribution in [0.4, 0.5) is 4.79 Å². The van der Waals surface area contributed by atoms with Crippen molar-refractivity contribution >= 4 is 23.9 Å². The summed E-state index contributed by atoms with van der Waals surface area (Å²) >= 11 is 0. The van der Waals surface area contributed by atoms with Gasteiger partial charge >= 0.3 is 18.0 Å². The quantitative estimate of drug-likeness (QED) is 0.282. The summed E-state index contributed by atoms with van der Waals surface area (Å²) in [6, 6.07) is 15.4. The summed E-state index contributed by atoms with van der Waals surface area (Å²) in [6.07, 6.45) is -2.50. The van der Waals surface area contributed by atoms with Crippen molar-refractivity contribution in [2.45, 2.75) is 77.5 Å². The first-order valence-corrected chi connectivity index (χ1v) is 12.3. The Morgan fingerprint density at radius 2 is 1.37 bits per heavy atom. The average Bonchev–Trinajstić information content (AvgIpc) is 2.86. The molecule has 10 nitrogen and oxygen atoms in total. The number of hydrogen-bond donors (Lipinski definition) is 3. The fraction of sp³-hybridized carbons (Fsp3) is 0.429. The summed E-state index contributed by atoms with van der Waals surface area (Å²) in [7, 11) is 0. The summed E-state index contributed by atoms with van der Waals surface area (Å²) in [4.78, 5) is 50.4. The molecule has 0 aliphatic heterocycles. The molecule has 0 aromatic heterocycles. The fourth-order valence-corrected chi connectivity index (χ4v) is 3.24. The molecule has 0 saturated heterocycles.